The van der Waals surface area contributed by atoms with Crippen LogP contribution in [0.1, 0.15) is 37.4 Å². The second kappa shape index (κ2) is 9.74. The number of aliphatic hydroxyl groups is 1. The number of anilines is 1. The van der Waals surface area contributed by atoms with E-state index in [9.17, 15) is 14.7 Å². The predicted octanol–water partition coefficient (Wildman–Crippen LogP) is 5.58. The summed E-state index contributed by atoms with van der Waals surface area (Å²) < 4.78 is 5.84. The Morgan fingerprint density at radius 3 is 2.30 bits per heavy atom. The molecule has 1 unspecified atom stereocenters. The van der Waals surface area contributed by atoms with Crippen molar-refractivity contribution in [1.29, 1.82) is 0 Å². The van der Waals surface area contributed by atoms with Gasteiger partial charge in [0.1, 0.15) is 5.75 Å². The van der Waals surface area contributed by atoms with Gasteiger partial charge < -0.3 is 9.84 Å². The Morgan fingerprint density at radius 2 is 1.64 bits per heavy atom. The molecule has 1 aliphatic rings. The fourth-order valence-electron chi connectivity index (χ4n) is 4.13. The fourth-order valence-corrected chi connectivity index (χ4v) is 4.13. The van der Waals surface area contributed by atoms with Crippen molar-refractivity contribution < 1.29 is 19.4 Å². The number of hydrogen-bond acceptors (Lipinski definition) is 4. The van der Waals surface area contributed by atoms with Crippen molar-refractivity contribution >= 4 is 17.4 Å². The van der Waals surface area contributed by atoms with Gasteiger partial charge in [0, 0.05) is 12.1 Å². The Balaban J connectivity index is 1.73. The van der Waals surface area contributed by atoms with Gasteiger partial charge in [-0.2, -0.15) is 0 Å². The zero-order valence-electron chi connectivity index (χ0n) is 18.8. The molecule has 1 heterocycles. The normalized spacial score (nSPS) is 15.9. The van der Waals surface area contributed by atoms with Crippen molar-refractivity contribution in [3.05, 3.63) is 107 Å². The molecule has 0 saturated heterocycles. The van der Waals surface area contributed by atoms with Gasteiger partial charge in [-0.15, -0.1) is 0 Å². The number of ketones is 1. The van der Waals surface area contributed by atoms with E-state index >= 15 is 0 Å². The Kier molecular flexibility index (Phi) is 6.59. The molecule has 0 saturated carbocycles. The van der Waals surface area contributed by atoms with Crippen LogP contribution in [0, 0.1) is 0 Å². The minimum atomic E-state index is -0.737. The minimum Gasteiger partial charge on any atom is -0.503 e. The number of benzene rings is 3. The third-order valence-electron chi connectivity index (χ3n) is 5.57. The van der Waals surface area contributed by atoms with Crippen LogP contribution in [0.5, 0.6) is 5.75 Å². The Morgan fingerprint density at radius 1 is 0.970 bits per heavy atom. The van der Waals surface area contributed by atoms with Gasteiger partial charge in [-0.05, 0) is 55.7 Å². The number of amides is 1. The van der Waals surface area contributed by atoms with Crippen LogP contribution in [0.3, 0.4) is 0 Å². The van der Waals surface area contributed by atoms with Crippen molar-refractivity contribution in [3.63, 3.8) is 0 Å². The summed E-state index contributed by atoms with van der Waals surface area (Å²) in [6, 6.07) is 25.4. The van der Waals surface area contributed by atoms with Crippen molar-refractivity contribution in [2.24, 2.45) is 0 Å². The molecule has 0 bridgehead atoms. The summed E-state index contributed by atoms with van der Waals surface area (Å²) in [5.74, 6) is -0.671. The molecular weight excluding hydrogens is 414 g/mol. The maximum atomic E-state index is 13.4. The van der Waals surface area contributed by atoms with Crippen molar-refractivity contribution in [2.45, 2.75) is 38.8 Å². The molecule has 0 aliphatic carbocycles. The van der Waals surface area contributed by atoms with Crippen LogP contribution in [0.15, 0.2) is 96.3 Å². The maximum Gasteiger partial charge on any atom is 0.294 e. The number of rotatable bonds is 8. The molecule has 5 heteroatoms. The van der Waals surface area contributed by atoms with Gasteiger partial charge in [-0.3, -0.25) is 14.5 Å². The van der Waals surface area contributed by atoms with Crippen LogP contribution in [0.4, 0.5) is 5.69 Å². The lowest BCUT2D eigenvalue weighted by molar-refractivity contribution is -0.118. The number of carbonyl (C=O) groups is 2. The average Bonchev–Trinajstić information content (AvgIpc) is 3.09. The molecule has 1 atom stereocenters. The first-order valence-corrected chi connectivity index (χ1v) is 11.1. The molecule has 0 fully saturated rings. The van der Waals surface area contributed by atoms with Crippen molar-refractivity contribution in [3.8, 4) is 5.75 Å². The molecule has 0 spiro atoms. The monoisotopic (exact) mass is 441 g/mol. The van der Waals surface area contributed by atoms with Gasteiger partial charge in [-0.25, -0.2) is 0 Å². The van der Waals surface area contributed by atoms with E-state index in [1.165, 1.54) is 4.90 Å². The Bertz CT molecular complexity index is 1170. The quantitative estimate of drug-likeness (QED) is 0.496. The van der Waals surface area contributed by atoms with Crippen LogP contribution in [0.25, 0.3) is 0 Å². The summed E-state index contributed by atoms with van der Waals surface area (Å²) in [6.45, 7) is 3.87. The van der Waals surface area contributed by atoms with Gasteiger partial charge in [0.25, 0.3) is 5.91 Å². The lowest BCUT2D eigenvalue weighted by Gasteiger charge is -2.27. The van der Waals surface area contributed by atoms with Gasteiger partial charge >= 0.3 is 0 Å². The second-order valence-corrected chi connectivity index (χ2v) is 8.32. The first kappa shape index (κ1) is 22.3. The molecule has 1 aliphatic heterocycles. The highest BCUT2D eigenvalue weighted by atomic mass is 16.5. The minimum absolute atomic E-state index is 0.0217. The number of para-hydroxylation sites is 1. The highest BCUT2D eigenvalue weighted by molar-refractivity contribution is 6.16. The molecule has 4 rings (SSSR count). The Labute approximate surface area is 193 Å². The second-order valence-electron chi connectivity index (χ2n) is 8.32. The highest BCUT2D eigenvalue weighted by Crippen LogP contribution is 2.42. The molecule has 168 valence electrons. The summed E-state index contributed by atoms with van der Waals surface area (Å²) in [5, 5.41) is 10.8. The molecule has 0 radical (unpaired) electrons. The molecule has 33 heavy (non-hydrogen) atoms. The lowest BCUT2D eigenvalue weighted by atomic mass is 9.93. The molecule has 3 aromatic carbocycles. The van der Waals surface area contributed by atoms with Crippen LogP contribution < -0.4 is 9.64 Å². The highest BCUT2D eigenvalue weighted by Gasteiger charge is 2.44. The molecular formula is C28H27NO4. The van der Waals surface area contributed by atoms with E-state index in [1.807, 2.05) is 86.6 Å². The summed E-state index contributed by atoms with van der Waals surface area (Å²) in [4.78, 5) is 28.0. The first-order chi connectivity index (χ1) is 16.0. The summed E-state index contributed by atoms with van der Waals surface area (Å²) in [6.07, 6.45) is 0.698. The number of carbonyl (C=O) groups excluding carboxylic acids is 2. The predicted molar refractivity (Wildman–Crippen MR) is 128 cm³/mol. The first-order valence-electron chi connectivity index (χ1n) is 11.1. The number of ether oxygens (including phenoxy) is 1. The van der Waals surface area contributed by atoms with Gasteiger partial charge in [0.15, 0.2) is 11.5 Å². The van der Waals surface area contributed by atoms with Crippen LogP contribution >= 0.6 is 0 Å². The number of nitrogens with zero attached hydrogens (tertiary/aromatic N) is 1. The van der Waals surface area contributed by atoms with Crippen LogP contribution in [-0.2, 0) is 16.0 Å². The van der Waals surface area contributed by atoms with Gasteiger partial charge in [0.2, 0.25) is 0 Å². The van der Waals surface area contributed by atoms with E-state index in [0.717, 1.165) is 5.56 Å². The number of hydrogen-bond donors (Lipinski definition) is 1. The van der Waals surface area contributed by atoms with Gasteiger partial charge in [0.05, 0.1) is 17.7 Å². The standard InChI is InChI=1S/C28H27NO4/c1-19(2)33-23-15-9-12-21(18-23)26-25(24(30)17-16-20-10-5-3-6-11-20)27(31)28(32)29(26)22-13-7-4-8-14-22/h3-15,18-19,26,31H,16-17H2,1-2H3. The van der Waals surface area contributed by atoms with E-state index in [-0.39, 0.29) is 23.9 Å². The Hall–Kier alpha value is -3.86. The van der Waals surface area contributed by atoms with Crippen LogP contribution in [0.2, 0.25) is 0 Å². The number of aliphatic hydroxyl groups excluding tert-OH is 1. The number of Topliss-reactive ketones (excluding diaryl/α,β-unsaturated/α-hetero) is 1. The summed E-state index contributed by atoms with van der Waals surface area (Å²) >= 11 is 0. The largest absolute Gasteiger partial charge is 0.503 e. The average molecular weight is 442 g/mol. The third kappa shape index (κ3) is 4.82. The van der Waals surface area contributed by atoms with Gasteiger partial charge in [-0.1, -0.05) is 60.7 Å². The van der Waals surface area contributed by atoms with Crippen LogP contribution in [-0.4, -0.2) is 22.9 Å². The van der Waals surface area contributed by atoms with Crippen molar-refractivity contribution in [2.75, 3.05) is 4.90 Å². The fraction of sp³-hybridized carbons (Fsp3) is 0.214. The van der Waals surface area contributed by atoms with E-state index in [1.54, 1.807) is 12.1 Å². The summed E-state index contributed by atoms with van der Waals surface area (Å²) in [7, 11) is 0. The van der Waals surface area contributed by atoms with E-state index < -0.39 is 17.7 Å². The zero-order chi connectivity index (χ0) is 23.4. The molecule has 5 nitrogen and oxygen atoms in total. The van der Waals surface area contributed by atoms with Crippen molar-refractivity contribution in [1.82, 2.24) is 0 Å². The van der Waals surface area contributed by atoms with E-state index in [2.05, 4.69) is 0 Å². The SMILES string of the molecule is CC(C)Oc1cccc(C2C(C(=O)CCc3ccccc3)=C(O)C(=O)N2c2ccccc2)c1. The molecule has 0 aromatic heterocycles. The van der Waals surface area contributed by atoms with E-state index in [4.69, 9.17) is 4.74 Å². The molecule has 1 N–H and O–H groups in total. The third-order valence-corrected chi connectivity index (χ3v) is 5.57. The zero-order valence-corrected chi connectivity index (χ0v) is 18.8. The van der Waals surface area contributed by atoms with E-state index in [0.29, 0.717) is 23.4 Å². The maximum absolute atomic E-state index is 13.4. The smallest absolute Gasteiger partial charge is 0.294 e. The summed E-state index contributed by atoms with van der Waals surface area (Å²) in [5.41, 5.74) is 2.47. The molecule has 3 aromatic rings. The topological polar surface area (TPSA) is 66.8 Å². The lowest BCUT2D eigenvalue weighted by Crippen LogP contribution is -2.31. The number of aryl methyl sites for hydroxylation is 1. The molecule has 1 amide bonds.